The molecule has 12 heavy (non-hydrogen) atoms. The number of benzene rings is 1. The Morgan fingerprint density at radius 1 is 1.58 bits per heavy atom. The Morgan fingerprint density at radius 3 is 2.83 bits per heavy atom. The maximum Gasteiger partial charge on any atom is 0.0550 e. The molecular formula is C9H10BrClO. The average molecular weight is 250 g/mol. The topological polar surface area (TPSA) is 20.2 Å². The molecular weight excluding hydrogens is 239 g/mol. The monoisotopic (exact) mass is 248 g/mol. The lowest BCUT2D eigenvalue weighted by atomic mass is 10.0. The second-order valence-electron chi connectivity index (χ2n) is 2.73. The first kappa shape index (κ1) is 10.0. The molecule has 1 atom stereocenters. The predicted molar refractivity (Wildman–Crippen MR) is 54.7 cm³/mol. The summed E-state index contributed by atoms with van der Waals surface area (Å²) in [6.07, 6.45) is 0. The summed E-state index contributed by atoms with van der Waals surface area (Å²) in [5.41, 5.74) is 1.05. The molecule has 3 heteroatoms. The molecule has 0 fully saturated rings. The van der Waals surface area contributed by atoms with Gasteiger partial charge in [0.05, 0.1) is 5.02 Å². The van der Waals surface area contributed by atoms with Gasteiger partial charge in [-0.3, -0.25) is 0 Å². The average Bonchev–Trinajstić information content (AvgIpc) is 2.08. The number of hydrogen-bond acceptors (Lipinski definition) is 1. The minimum atomic E-state index is 0.123. The number of aliphatic hydroxyl groups excluding tert-OH is 1. The van der Waals surface area contributed by atoms with E-state index in [4.69, 9.17) is 16.7 Å². The van der Waals surface area contributed by atoms with Crippen LogP contribution in [0.15, 0.2) is 22.7 Å². The summed E-state index contributed by atoms with van der Waals surface area (Å²) in [5, 5.41) is 9.63. The minimum Gasteiger partial charge on any atom is -0.396 e. The third-order valence-electron chi connectivity index (χ3n) is 1.79. The summed E-state index contributed by atoms with van der Waals surface area (Å²) in [4.78, 5) is 0. The van der Waals surface area contributed by atoms with Crippen LogP contribution in [-0.2, 0) is 0 Å². The number of hydrogen-bond donors (Lipinski definition) is 1. The van der Waals surface area contributed by atoms with E-state index in [-0.39, 0.29) is 12.5 Å². The molecule has 0 heterocycles. The molecule has 0 amide bonds. The first-order valence-electron chi connectivity index (χ1n) is 3.71. The molecule has 66 valence electrons. The van der Waals surface area contributed by atoms with Crippen LogP contribution in [0.2, 0.25) is 5.02 Å². The van der Waals surface area contributed by atoms with Gasteiger partial charge in [0.15, 0.2) is 0 Å². The molecule has 0 radical (unpaired) electrons. The molecule has 1 nitrogen and oxygen atoms in total. The van der Waals surface area contributed by atoms with Crippen molar-refractivity contribution in [3.63, 3.8) is 0 Å². The predicted octanol–water partition coefficient (Wildman–Crippen LogP) is 3.20. The summed E-state index contributed by atoms with van der Waals surface area (Å²) in [6.45, 7) is 2.09. The van der Waals surface area contributed by atoms with Gasteiger partial charge in [-0.05, 0) is 27.6 Å². The fourth-order valence-electron chi connectivity index (χ4n) is 0.999. The highest BCUT2D eigenvalue weighted by atomic mass is 79.9. The van der Waals surface area contributed by atoms with Gasteiger partial charge >= 0.3 is 0 Å². The van der Waals surface area contributed by atoms with Gasteiger partial charge in [0.25, 0.3) is 0 Å². The van der Waals surface area contributed by atoms with Gasteiger partial charge < -0.3 is 5.11 Å². The van der Waals surface area contributed by atoms with Gasteiger partial charge in [-0.25, -0.2) is 0 Å². The van der Waals surface area contributed by atoms with Crippen molar-refractivity contribution in [2.75, 3.05) is 6.61 Å². The first-order valence-corrected chi connectivity index (χ1v) is 4.88. The molecule has 1 aromatic rings. The zero-order valence-electron chi connectivity index (χ0n) is 6.72. The molecule has 0 bridgehead atoms. The van der Waals surface area contributed by atoms with Crippen LogP contribution in [0.3, 0.4) is 0 Å². The van der Waals surface area contributed by atoms with Crippen molar-refractivity contribution in [2.45, 2.75) is 12.8 Å². The summed E-state index contributed by atoms with van der Waals surface area (Å²) >= 11 is 9.26. The van der Waals surface area contributed by atoms with Gasteiger partial charge in [-0.15, -0.1) is 0 Å². The van der Waals surface area contributed by atoms with Gasteiger partial charge in [0, 0.05) is 17.0 Å². The maximum absolute atomic E-state index is 8.94. The Labute approximate surface area is 85.5 Å². The van der Waals surface area contributed by atoms with Gasteiger partial charge in [-0.1, -0.05) is 30.7 Å². The van der Waals surface area contributed by atoms with Crippen LogP contribution in [0.4, 0.5) is 0 Å². The zero-order chi connectivity index (χ0) is 9.14. The minimum absolute atomic E-state index is 0.123. The molecule has 0 aliphatic heterocycles. The van der Waals surface area contributed by atoms with E-state index in [2.05, 4.69) is 15.9 Å². The van der Waals surface area contributed by atoms with Crippen molar-refractivity contribution in [3.05, 3.63) is 33.3 Å². The van der Waals surface area contributed by atoms with Crippen molar-refractivity contribution >= 4 is 27.5 Å². The highest BCUT2D eigenvalue weighted by molar-refractivity contribution is 9.10. The van der Waals surface area contributed by atoms with E-state index in [1.165, 1.54) is 0 Å². The van der Waals surface area contributed by atoms with Crippen LogP contribution in [0.5, 0.6) is 0 Å². The van der Waals surface area contributed by atoms with Crippen LogP contribution in [0, 0.1) is 0 Å². The lowest BCUT2D eigenvalue weighted by molar-refractivity contribution is 0.273. The van der Waals surface area contributed by atoms with Crippen LogP contribution in [-0.4, -0.2) is 11.7 Å². The molecule has 0 saturated heterocycles. The van der Waals surface area contributed by atoms with Crippen LogP contribution in [0.1, 0.15) is 18.4 Å². The van der Waals surface area contributed by atoms with E-state index < -0.39 is 0 Å². The molecule has 1 unspecified atom stereocenters. The van der Waals surface area contributed by atoms with Gasteiger partial charge in [0.1, 0.15) is 0 Å². The Bertz CT molecular complexity index is 275. The Morgan fingerprint density at radius 2 is 2.25 bits per heavy atom. The quantitative estimate of drug-likeness (QED) is 0.853. The van der Waals surface area contributed by atoms with Crippen molar-refractivity contribution in [1.29, 1.82) is 0 Å². The summed E-state index contributed by atoms with van der Waals surface area (Å²) < 4.78 is 0.883. The molecule has 0 aliphatic rings. The molecule has 0 saturated carbocycles. The van der Waals surface area contributed by atoms with Crippen LogP contribution < -0.4 is 0 Å². The number of rotatable bonds is 2. The zero-order valence-corrected chi connectivity index (χ0v) is 9.06. The van der Waals surface area contributed by atoms with E-state index in [1.807, 2.05) is 25.1 Å². The van der Waals surface area contributed by atoms with Crippen molar-refractivity contribution < 1.29 is 5.11 Å². The normalized spacial score (nSPS) is 13.0. The summed E-state index contributed by atoms with van der Waals surface area (Å²) in [6, 6.07) is 5.66. The van der Waals surface area contributed by atoms with Gasteiger partial charge in [0.2, 0.25) is 0 Å². The van der Waals surface area contributed by atoms with E-state index in [0.29, 0.717) is 5.02 Å². The third kappa shape index (κ3) is 2.00. The molecule has 1 rings (SSSR count). The van der Waals surface area contributed by atoms with Crippen LogP contribution >= 0.6 is 27.5 Å². The fraction of sp³-hybridized carbons (Fsp3) is 0.333. The molecule has 0 aliphatic carbocycles. The first-order chi connectivity index (χ1) is 5.66. The number of halogens is 2. The molecule has 1 aromatic carbocycles. The Balaban J connectivity index is 3.07. The SMILES string of the molecule is CC(CO)c1cccc(Cl)c1Br. The Kier molecular flexibility index (Phi) is 3.56. The van der Waals surface area contributed by atoms with Crippen molar-refractivity contribution in [1.82, 2.24) is 0 Å². The maximum atomic E-state index is 8.94. The van der Waals surface area contributed by atoms with Crippen LogP contribution in [0.25, 0.3) is 0 Å². The lowest BCUT2D eigenvalue weighted by Crippen LogP contribution is -1.99. The Hall–Kier alpha value is -0.0500. The van der Waals surface area contributed by atoms with E-state index in [9.17, 15) is 0 Å². The van der Waals surface area contributed by atoms with E-state index in [0.717, 1.165) is 10.0 Å². The number of aliphatic hydroxyl groups is 1. The van der Waals surface area contributed by atoms with E-state index in [1.54, 1.807) is 0 Å². The van der Waals surface area contributed by atoms with E-state index >= 15 is 0 Å². The molecule has 0 spiro atoms. The fourth-order valence-corrected chi connectivity index (χ4v) is 1.84. The van der Waals surface area contributed by atoms with Gasteiger partial charge in [-0.2, -0.15) is 0 Å². The third-order valence-corrected chi connectivity index (χ3v) is 3.21. The standard InChI is InChI=1S/C9H10BrClO/c1-6(5-12)7-3-2-4-8(11)9(7)10/h2-4,6,12H,5H2,1H3. The lowest BCUT2D eigenvalue weighted by Gasteiger charge is -2.10. The highest BCUT2D eigenvalue weighted by Crippen LogP contribution is 2.30. The van der Waals surface area contributed by atoms with Crippen molar-refractivity contribution in [2.24, 2.45) is 0 Å². The van der Waals surface area contributed by atoms with Crippen molar-refractivity contribution in [3.8, 4) is 0 Å². The smallest absolute Gasteiger partial charge is 0.0550 e. The second kappa shape index (κ2) is 4.26. The largest absolute Gasteiger partial charge is 0.396 e. The highest BCUT2D eigenvalue weighted by Gasteiger charge is 2.09. The summed E-state index contributed by atoms with van der Waals surface area (Å²) in [5.74, 6) is 0.123. The molecule has 0 aromatic heterocycles. The summed E-state index contributed by atoms with van der Waals surface area (Å²) in [7, 11) is 0. The second-order valence-corrected chi connectivity index (χ2v) is 3.93. The molecule has 1 N–H and O–H groups in total.